The molecule has 5 nitrogen and oxygen atoms in total. The molecule has 1 aromatic rings. The molecule has 25 heavy (non-hydrogen) atoms. The number of carbonyl (C=O) groups excluding carboxylic acids is 2. The van der Waals surface area contributed by atoms with Crippen molar-refractivity contribution < 1.29 is 22.8 Å². The molecule has 2 amide bonds. The number of alkyl halides is 3. The third kappa shape index (κ3) is 4.00. The third-order valence-corrected chi connectivity index (χ3v) is 4.34. The van der Waals surface area contributed by atoms with Crippen molar-refractivity contribution in [3.8, 4) is 0 Å². The minimum atomic E-state index is -4.38. The van der Waals surface area contributed by atoms with Crippen molar-refractivity contribution in [2.45, 2.75) is 44.4 Å². The van der Waals surface area contributed by atoms with Crippen molar-refractivity contribution in [3.63, 3.8) is 0 Å². The first-order valence-electron chi connectivity index (χ1n) is 8.07. The van der Waals surface area contributed by atoms with Crippen molar-refractivity contribution in [3.05, 3.63) is 35.4 Å². The zero-order chi connectivity index (χ0) is 18.2. The maximum absolute atomic E-state index is 12.7. The second-order valence-corrected chi connectivity index (χ2v) is 6.32. The zero-order valence-corrected chi connectivity index (χ0v) is 13.7. The SMILES string of the molecule is CN1N=C(C(=O)N(Cc2ccc(C(F)(F)F)cc2)C2CC2)CCC1=O. The Morgan fingerprint density at radius 1 is 1.24 bits per heavy atom. The van der Waals surface area contributed by atoms with Crippen molar-refractivity contribution in [2.24, 2.45) is 5.10 Å². The number of amides is 2. The van der Waals surface area contributed by atoms with Crippen LogP contribution in [0.3, 0.4) is 0 Å². The molecule has 2 aliphatic rings. The standard InChI is InChI=1S/C17H18F3N3O2/c1-22-15(24)9-8-14(21-22)16(25)23(13-6-7-13)10-11-2-4-12(5-3-11)17(18,19)20/h2-5,13H,6-10H2,1H3. The monoisotopic (exact) mass is 353 g/mol. The first-order chi connectivity index (χ1) is 11.8. The molecule has 0 spiro atoms. The van der Waals surface area contributed by atoms with Crippen LogP contribution in [0.4, 0.5) is 13.2 Å². The summed E-state index contributed by atoms with van der Waals surface area (Å²) in [7, 11) is 1.51. The summed E-state index contributed by atoms with van der Waals surface area (Å²) < 4.78 is 37.9. The van der Waals surface area contributed by atoms with E-state index in [0.29, 0.717) is 11.3 Å². The van der Waals surface area contributed by atoms with Gasteiger partial charge in [-0.3, -0.25) is 9.59 Å². The molecule has 0 aromatic heterocycles. The molecule has 0 saturated heterocycles. The normalized spacial score (nSPS) is 18.2. The Morgan fingerprint density at radius 2 is 1.88 bits per heavy atom. The van der Waals surface area contributed by atoms with Gasteiger partial charge in [-0.15, -0.1) is 0 Å². The fraction of sp³-hybridized carbons (Fsp3) is 0.471. The molecule has 0 radical (unpaired) electrons. The van der Waals surface area contributed by atoms with Gasteiger partial charge in [-0.2, -0.15) is 18.3 Å². The van der Waals surface area contributed by atoms with Crippen molar-refractivity contribution in [1.82, 2.24) is 9.91 Å². The topological polar surface area (TPSA) is 53.0 Å². The van der Waals surface area contributed by atoms with E-state index in [0.717, 1.165) is 25.0 Å². The number of halogens is 3. The van der Waals surface area contributed by atoms with Gasteiger partial charge in [-0.25, -0.2) is 5.01 Å². The fourth-order valence-electron chi connectivity index (χ4n) is 2.74. The number of nitrogens with zero attached hydrogens (tertiary/aromatic N) is 3. The number of hydrazone groups is 1. The molecule has 3 rings (SSSR count). The number of hydrogen-bond acceptors (Lipinski definition) is 3. The number of hydrogen-bond donors (Lipinski definition) is 0. The highest BCUT2D eigenvalue weighted by Crippen LogP contribution is 2.31. The number of carbonyl (C=O) groups is 2. The van der Waals surface area contributed by atoms with E-state index in [2.05, 4.69) is 5.10 Å². The van der Waals surface area contributed by atoms with Gasteiger partial charge >= 0.3 is 6.18 Å². The van der Waals surface area contributed by atoms with Crippen LogP contribution in [0.5, 0.6) is 0 Å². The lowest BCUT2D eigenvalue weighted by molar-refractivity contribution is -0.137. The van der Waals surface area contributed by atoms with Crippen LogP contribution in [0, 0.1) is 0 Å². The van der Waals surface area contributed by atoms with Gasteiger partial charge in [0, 0.05) is 32.5 Å². The Hall–Kier alpha value is -2.38. The quantitative estimate of drug-likeness (QED) is 0.836. The van der Waals surface area contributed by atoms with Crippen LogP contribution in [0.2, 0.25) is 0 Å². The summed E-state index contributed by atoms with van der Waals surface area (Å²) in [6, 6.07) is 4.92. The Balaban J connectivity index is 1.75. The molecule has 1 fully saturated rings. The first kappa shape index (κ1) is 17.4. The maximum atomic E-state index is 12.7. The summed E-state index contributed by atoms with van der Waals surface area (Å²) >= 11 is 0. The fourth-order valence-corrected chi connectivity index (χ4v) is 2.74. The Kier molecular flexibility index (Phi) is 4.53. The molecule has 8 heteroatoms. The van der Waals surface area contributed by atoms with E-state index in [1.54, 1.807) is 4.90 Å². The lowest BCUT2D eigenvalue weighted by atomic mass is 10.1. The van der Waals surface area contributed by atoms with E-state index in [1.165, 1.54) is 24.2 Å². The molecule has 1 heterocycles. The van der Waals surface area contributed by atoms with E-state index in [9.17, 15) is 22.8 Å². The number of benzene rings is 1. The highest BCUT2D eigenvalue weighted by atomic mass is 19.4. The van der Waals surface area contributed by atoms with Gasteiger partial charge in [0.2, 0.25) is 5.91 Å². The van der Waals surface area contributed by atoms with E-state index in [4.69, 9.17) is 0 Å². The second kappa shape index (κ2) is 6.50. The maximum Gasteiger partial charge on any atom is 0.416 e. The largest absolute Gasteiger partial charge is 0.416 e. The summed E-state index contributed by atoms with van der Waals surface area (Å²) in [5.74, 6) is -0.390. The zero-order valence-electron chi connectivity index (χ0n) is 13.7. The number of rotatable bonds is 4. The van der Waals surface area contributed by atoms with Gasteiger partial charge in [0.1, 0.15) is 5.71 Å². The molecule has 0 unspecified atom stereocenters. The van der Waals surface area contributed by atoms with Crippen LogP contribution in [0.15, 0.2) is 29.4 Å². The molecule has 0 N–H and O–H groups in total. The van der Waals surface area contributed by atoms with Gasteiger partial charge < -0.3 is 4.90 Å². The first-order valence-corrected chi connectivity index (χ1v) is 8.07. The molecular formula is C17H18F3N3O2. The smallest absolute Gasteiger partial charge is 0.330 e. The van der Waals surface area contributed by atoms with Crippen LogP contribution in [0.25, 0.3) is 0 Å². The molecule has 1 aromatic carbocycles. The highest BCUT2D eigenvalue weighted by molar-refractivity contribution is 6.39. The van der Waals surface area contributed by atoms with Crippen LogP contribution in [-0.2, 0) is 22.3 Å². The minimum absolute atomic E-state index is 0.0837. The van der Waals surface area contributed by atoms with Crippen molar-refractivity contribution in [2.75, 3.05) is 7.05 Å². The average molecular weight is 353 g/mol. The van der Waals surface area contributed by atoms with Gasteiger partial charge in [0.25, 0.3) is 5.91 Å². The lowest BCUT2D eigenvalue weighted by Gasteiger charge is -2.26. The molecule has 0 bridgehead atoms. The second-order valence-electron chi connectivity index (χ2n) is 6.32. The predicted molar refractivity (Wildman–Crippen MR) is 84.5 cm³/mol. The Bertz CT molecular complexity index is 709. The van der Waals surface area contributed by atoms with Crippen LogP contribution in [0.1, 0.15) is 36.8 Å². The van der Waals surface area contributed by atoms with Crippen molar-refractivity contribution in [1.29, 1.82) is 0 Å². The summed E-state index contributed by atoms with van der Waals surface area (Å²) in [5.41, 5.74) is 0.243. The van der Waals surface area contributed by atoms with E-state index < -0.39 is 11.7 Å². The summed E-state index contributed by atoms with van der Waals surface area (Å²) in [6.45, 7) is 0.234. The summed E-state index contributed by atoms with van der Waals surface area (Å²) in [6.07, 6.45) is -2.11. The van der Waals surface area contributed by atoms with E-state index in [1.807, 2.05) is 0 Å². The molecular weight excluding hydrogens is 335 g/mol. The Labute approximate surface area is 143 Å². The predicted octanol–water partition coefficient (Wildman–Crippen LogP) is 2.80. The lowest BCUT2D eigenvalue weighted by Crippen LogP contribution is -2.41. The minimum Gasteiger partial charge on any atom is -0.330 e. The molecule has 134 valence electrons. The summed E-state index contributed by atoms with van der Waals surface area (Å²) in [5, 5.41) is 5.21. The van der Waals surface area contributed by atoms with Gasteiger partial charge in [0.15, 0.2) is 0 Å². The van der Waals surface area contributed by atoms with Gasteiger partial charge in [-0.1, -0.05) is 12.1 Å². The molecule has 1 aliphatic carbocycles. The van der Waals surface area contributed by atoms with Crippen molar-refractivity contribution >= 4 is 17.5 Å². The third-order valence-electron chi connectivity index (χ3n) is 4.34. The van der Waals surface area contributed by atoms with Crippen LogP contribution in [-0.4, -0.2) is 40.5 Å². The average Bonchev–Trinajstić information content (AvgIpc) is 3.39. The van der Waals surface area contributed by atoms with Crippen LogP contribution < -0.4 is 0 Å². The van der Waals surface area contributed by atoms with Gasteiger partial charge in [-0.05, 0) is 30.5 Å². The summed E-state index contributed by atoms with van der Waals surface area (Å²) in [4.78, 5) is 25.9. The van der Waals surface area contributed by atoms with E-state index in [-0.39, 0.29) is 37.2 Å². The molecule has 1 saturated carbocycles. The highest BCUT2D eigenvalue weighted by Gasteiger charge is 2.36. The molecule has 1 aliphatic heterocycles. The van der Waals surface area contributed by atoms with Crippen LogP contribution >= 0.6 is 0 Å². The Morgan fingerprint density at radius 3 is 2.40 bits per heavy atom. The molecule has 0 atom stereocenters. The van der Waals surface area contributed by atoms with E-state index >= 15 is 0 Å². The van der Waals surface area contributed by atoms with Gasteiger partial charge in [0.05, 0.1) is 5.56 Å².